The van der Waals surface area contributed by atoms with Gasteiger partial charge in [0.15, 0.2) is 0 Å². The maximum atomic E-state index is 13.2. The third-order valence-electron chi connectivity index (χ3n) is 4.13. The second-order valence-electron chi connectivity index (χ2n) is 5.72. The Bertz CT molecular complexity index is 689. The highest BCUT2D eigenvalue weighted by molar-refractivity contribution is 6.28. The Balaban J connectivity index is 2.03. The van der Waals surface area contributed by atoms with Crippen LogP contribution in [0.1, 0.15) is 31.2 Å². The van der Waals surface area contributed by atoms with Gasteiger partial charge in [-0.05, 0) is 30.4 Å². The summed E-state index contributed by atoms with van der Waals surface area (Å²) < 4.78 is 41.0. The van der Waals surface area contributed by atoms with Gasteiger partial charge in [-0.1, -0.05) is 12.8 Å². The number of anilines is 1. The first-order chi connectivity index (χ1) is 10.4. The summed E-state index contributed by atoms with van der Waals surface area (Å²) >= 11 is 5.86. The summed E-state index contributed by atoms with van der Waals surface area (Å²) in [5, 5.41) is 2.97. The standard InChI is InChI=1S/C14H16ClF3N4/c1-22-7-9(14(16,17)18)10-11(20-13(15)21-12(10)22)19-6-8-4-2-3-5-8/h7-8H,2-6H2,1H3,(H,19,20,21). The highest BCUT2D eigenvalue weighted by Crippen LogP contribution is 2.38. The molecule has 22 heavy (non-hydrogen) atoms. The molecule has 0 amide bonds. The molecule has 2 aromatic heterocycles. The smallest absolute Gasteiger partial charge is 0.369 e. The molecule has 0 aromatic carbocycles. The van der Waals surface area contributed by atoms with Gasteiger partial charge in [0.2, 0.25) is 5.28 Å². The summed E-state index contributed by atoms with van der Waals surface area (Å²) in [5.41, 5.74) is -0.558. The van der Waals surface area contributed by atoms with Gasteiger partial charge < -0.3 is 9.88 Å². The van der Waals surface area contributed by atoms with Crippen molar-refractivity contribution in [2.45, 2.75) is 31.9 Å². The second-order valence-corrected chi connectivity index (χ2v) is 6.06. The molecule has 0 aliphatic heterocycles. The van der Waals surface area contributed by atoms with Crippen LogP contribution in [0.15, 0.2) is 6.20 Å². The maximum Gasteiger partial charge on any atom is 0.418 e. The van der Waals surface area contributed by atoms with E-state index in [4.69, 9.17) is 11.6 Å². The number of hydrogen-bond donors (Lipinski definition) is 1. The summed E-state index contributed by atoms with van der Waals surface area (Å²) in [7, 11) is 1.52. The first-order valence-corrected chi connectivity index (χ1v) is 7.57. The predicted molar refractivity (Wildman–Crippen MR) is 79.0 cm³/mol. The third-order valence-corrected chi connectivity index (χ3v) is 4.30. The molecule has 1 aliphatic carbocycles. The predicted octanol–water partition coefficient (Wildman–Crippen LogP) is 4.24. The summed E-state index contributed by atoms with van der Waals surface area (Å²) in [5.74, 6) is 0.636. The van der Waals surface area contributed by atoms with Gasteiger partial charge in [0, 0.05) is 19.8 Å². The van der Waals surface area contributed by atoms with Gasteiger partial charge in [-0.3, -0.25) is 0 Å². The molecule has 0 spiro atoms. The molecular weight excluding hydrogens is 317 g/mol. The first kappa shape index (κ1) is 15.4. The summed E-state index contributed by atoms with van der Waals surface area (Å²) in [6, 6.07) is 0. The molecule has 8 heteroatoms. The molecule has 4 nitrogen and oxygen atoms in total. The highest BCUT2D eigenvalue weighted by Gasteiger charge is 2.36. The lowest BCUT2D eigenvalue weighted by molar-refractivity contribution is -0.136. The SMILES string of the molecule is Cn1cc(C(F)(F)F)c2c(NCC3CCCC3)nc(Cl)nc21. The zero-order valence-corrected chi connectivity index (χ0v) is 12.8. The normalized spacial score (nSPS) is 16.6. The Morgan fingerprint density at radius 3 is 2.64 bits per heavy atom. The zero-order valence-electron chi connectivity index (χ0n) is 12.0. The van der Waals surface area contributed by atoms with E-state index >= 15 is 0 Å². The number of halogens is 4. The Morgan fingerprint density at radius 2 is 2.00 bits per heavy atom. The van der Waals surface area contributed by atoms with Gasteiger partial charge >= 0.3 is 6.18 Å². The number of rotatable bonds is 3. The molecule has 0 bridgehead atoms. The van der Waals surface area contributed by atoms with E-state index in [1.165, 1.54) is 24.5 Å². The fraction of sp³-hybridized carbons (Fsp3) is 0.571. The van der Waals surface area contributed by atoms with E-state index in [0.717, 1.165) is 19.0 Å². The molecule has 1 saturated carbocycles. The molecule has 3 rings (SSSR count). The topological polar surface area (TPSA) is 42.7 Å². The third kappa shape index (κ3) is 2.86. The molecule has 1 N–H and O–H groups in total. The second kappa shape index (κ2) is 5.61. The lowest BCUT2D eigenvalue weighted by Gasteiger charge is -2.13. The van der Waals surface area contributed by atoms with E-state index in [-0.39, 0.29) is 22.1 Å². The largest absolute Gasteiger partial charge is 0.418 e. The minimum atomic E-state index is -4.46. The van der Waals surface area contributed by atoms with Crippen LogP contribution >= 0.6 is 11.6 Å². The molecular formula is C14H16ClF3N4. The molecule has 1 fully saturated rings. The van der Waals surface area contributed by atoms with Crippen LogP contribution in [-0.4, -0.2) is 21.1 Å². The van der Waals surface area contributed by atoms with Crippen molar-refractivity contribution in [2.24, 2.45) is 13.0 Å². The van der Waals surface area contributed by atoms with E-state index in [1.807, 2.05) is 0 Å². The van der Waals surface area contributed by atoms with Crippen LogP contribution in [0.2, 0.25) is 5.28 Å². The molecule has 0 saturated heterocycles. The monoisotopic (exact) mass is 332 g/mol. The van der Waals surface area contributed by atoms with E-state index in [9.17, 15) is 13.2 Å². The number of nitrogens with one attached hydrogen (secondary N) is 1. The first-order valence-electron chi connectivity index (χ1n) is 7.20. The van der Waals surface area contributed by atoms with Gasteiger partial charge in [-0.2, -0.15) is 18.2 Å². The van der Waals surface area contributed by atoms with E-state index in [0.29, 0.717) is 12.5 Å². The van der Waals surface area contributed by atoms with Crippen molar-refractivity contribution in [1.82, 2.24) is 14.5 Å². The van der Waals surface area contributed by atoms with Crippen molar-refractivity contribution in [2.75, 3.05) is 11.9 Å². The van der Waals surface area contributed by atoms with Gasteiger partial charge in [0.05, 0.1) is 10.9 Å². The number of alkyl halides is 3. The van der Waals surface area contributed by atoms with Crippen molar-refractivity contribution in [3.63, 3.8) is 0 Å². The van der Waals surface area contributed by atoms with Crippen LogP contribution in [0.5, 0.6) is 0 Å². The van der Waals surface area contributed by atoms with Crippen LogP contribution in [0.25, 0.3) is 11.0 Å². The molecule has 0 unspecified atom stereocenters. The minimum Gasteiger partial charge on any atom is -0.369 e. The van der Waals surface area contributed by atoms with E-state index in [1.54, 1.807) is 0 Å². The van der Waals surface area contributed by atoms with Crippen molar-refractivity contribution in [3.8, 4) is 0 Å². The summed E-state index contributed by atoms with van der Waals surface area (Å²) in [6.45, 7) is 0.606. The van der Waals surface area contributed by atoms with Crippen molar-refractivity contribution >= 4 is 28.5 Å². The average molecular weight is 333 g/mol. The number of hydrogen-bond acceptors (Lipinski definition) is 3. The van der Waals surface area contributed by atoms with Crippen molar-refractivity contribution < 1.29 is 13.2 Å². The molecule has 0 atom stereocenters. The number of fused-ring (bicyclic) bond motifs is 1. The molecule has 0 radical (unpaired) electrons. The van der Waals surface area contributed by atoms with Crippen LogP contribution in [0, 0.1) is 5.92 Å². The van der Waals surface area contributed by atoms with Crippen molar-refractivity contribution in [3.05, 3.63) is 17.0 Å². The fourth-order valence-electron chi connectivity index (χ4n) is 3.04. The van der Waals surface area contributed by atoms with Crippen LogP contribution in [0.3, 0.4) is 0 Å². The Labute approximate surface area is 130 Å². The lowest BCUT2D eigenvalue weighted by Crippen LogP contribution is -2.13. The molecule has 2 aromatic rings. The van der Waals surface area contributed by atoms with Gasteiger partial charge in [0.25, 0.3) is 0 Å². The minimum absolute atomic E-state index is 0.0163. The van der Waals surface area contributed by atoms with Crippen LogP contribution in [0.4, 0.5) is 19.0 Å². The maximum absolute atomic E-state index is 13.2. The quantitative estimate of drug-likeness (QED) is 0.855. The molecule has 2 heterocycles. The van der Waals surface area contributed by atoms with Crippen LogP contribution < -0.4 is 5.32 Å². The Morgan fingerprint density at radius 1 is 1.32 bits per heavy atom. The average Bonchev–Trinajstić information content (AvgIpc) is 3.04. The summed E-state index contributed by atoms with van der Waals surface area (Å²) in [4.78, 5) is 7.91. The summed E-state index contributed by atoms with van der Waals surface area (Å²) in [6.07, 6.45) is 1.10. The zero-order chi connectivity index (χ0) is 15.9. The van der Waals surface area contributed by atoms with E-state index in [2.05, 4.69) is 15.3 Å². The number of nitrogens with zero attached hydrogens (tertiary/aromatic N) is 3. The van der Waals surface area contributed by atoms with Crippen LogP contribution in [-0.2, 0) is 13.2 Å². The van der Waals surface area contributed by atoms with Gasteiger partial charge in [-0.15, -0.1) is 0 Å². The fourth-order valence-corrected chi connectivity index (χ4v) is 3.21. The van der Waals surface area contributed by atoms with Gasteiger partial charge in [-0.25, -0.2) is 4.98 Å². The lowest BCUT2D eigenvalue weighted by atomic mass is 10.1. The van der Waals surface area contributed by atoms with E-state index < -0.39 is 11.7 Å². The van der Waals surface area contributed by atoms with Gasteiger partial charge in [0.1, 0.15) is 11.5 Å². The molecule has 1 aliphatic rings. The molecule has 120 valence electrons. The number of aryl methyl sites for hydroxylation is 1. The van der Waals surface area contributed by atoms with Crippen molar-refractivity contribution in [1.29, 1.82) is 0 Å². The number of aromatic nitrogens is 3. The Kier molecular flexibility index (Phi) is 3.92. The Hall–Kier alpha value is -1.50. The highest BCUT2D eigenvalue weighted by atomic mass is 35.5.